The lowest BCUT2D eigenvalue weighted by Crippen LogP contribution is -2.41. The Balaban J connectivity index is 0.000000171. The van der Waals surface area contributed by atoms with Crippen molar-refractivity contribution < 1.29 is 18.6 Å². The van der Waals surface area contributed by atoms with Crippen molar-refractivity contribution in [3.05, 3.63) is 24.8 Å². The normalized spacial score (nSPS) is 23.4. The fourth-order valence-corrected chi connectivity index (χ4v) is 3.08. The van der Waals surface area contributed by atoms with Gasteiger partial charge in [-0.15, -0.1) is 0 Å². The Hall–Kier alpha value is -1.61. The zero-order valence-corrected chi connectivity index (χ0v) is 19.9. The van der Waals surface area contributed by atoms with Crippen LogP contribution in [0.4, 0.5) is 0 Å². The first-order valence-corrected chi connectivity index (χ1v) is 10.3. The van der Waals surface area contributed by atoms with Gasteiger partial charge in [0.05, 0.1) is 22.4 Å². The molecule has 4 heterocycles. The highest BCUT2D eigenvalue weighted by Crippen LogP contribution is 2.37. The minimum absolute atomic E-state index is 0.284. The maximum absolute atomic E-state index is 5.89. The lowest BCUT2D eigenvalue weighted by Gasteiger charge is -2.32. The lowest BCUT2D eigenvalue weighted by atomic mass is 9.82. The average Bonchev–Trinajstić information content (AvgIpc) is 3.29. The van der Waals surface area contributed by atoms with E-state index < -0.39 is 0 Å². The van der Waals surface area contributed by atoms with Crippen LogP contribution in [0, 0.1) is 0 Å². The second-order valence-electron chi connectivity index (χ2n) is 10.1. The van der Waals surface area contributed by atoms with Gasteiger partial charge in [-0.3, -0.25) is 9.36 Å². The molecule has 0 unspecified atom stereocenters. The second kappa shape index (κ2) is 7.51. The van der Waals surface area contributed by atoms with Crippen LogP contribution < -0.4 is 10.9 Å². The molecular formula is C20H34B2N4O4. The summed E-state index contributed by atoms with van der Waals surface area (Å²) in [6.07, 6.45) is 7.40. The molecule has 0 N–H and O–H groups in total. The third kappa shape index (κ3) is 4.37. The molecule has 4 rings (SSSR count). The fourth-order valence-electron chi connectivity index (χ4n) is 3.08. The van der Waals surface area contributed by atoms with Crippen molar-refractivity contribution in [2.24, 2.45) is 14.1 Å². The molecule has 0 amide bonds. The van der Waals surface area contributed by atoms with E-state index in [2.05, 4.69) is 10.2 Å². The lowest BCUT2D eigenvalue weighted by molar-refractivity contribution is 0.00578. The molecule has 0 spiro atoms. The van der Waals surface area contributed by atoms with Gasteiger partial charge in [-0.1, -0.05) is 0 Å². The summed E-state index contributed by atoms with van der Waals surface area (Å²) in [6, 6.07) is 0. The van der Waals surface area contributed by atoms with E-state index in [4.69, 9.17) is 18.6 Å². The first-order valence-electron chi connectivity index (χ1n) is 10.3. The summed E-state index contributed by atoms with van der Waals surface area (Å²) in [4.78, 5) is 0. The highest BCUT2D eigenvalue weighted by Gasteiger charge is 2.53. The number of rotatable bonds is 2. The maximum Gasteiger partial charge on any atom is 0.498 e. The molecule has 0 aliphatic carbocycles. The van der Waals surface area contributed by atoms with Gasteiger partial charge in [-0.2, -0.15) is 10.2 Å². The predicted molar refractivity (Wildman–Crippen MR) is 118 cm³/mol. The van der Waals surface area contributed by atoms with Crippen molar-refractivity contribution >= 4 is 25.2 Å². The Morgan fingerprint density at radius 2 is 0.867 bits per heavy atom. The van der Waals surface area contributed by atoms with Crippen LogP contribution in [0.1, 0.15) is 55.4 Å². The third-order valence-electron chi connectivity index (χ3n) is 6.50. The molecule has 164 valence electrons. The molecule has 2 aliphatic heterocycles. The molecule has 2 aliphatic rings. The van der Waals surface area contributed by atoms with E-state index in [1.54, 1.807) is 21.8 Å². The number of aromatic nitrogens is 4. The Morgan fingerprint density at radius 3 is 1.07 bits per heavy atom. The predicted octanol–water partition coefficient (Wildman–Crippen LogP) is 1.44. The minimum atomic E-state index is -0.302. The third-order valence-corrected chi connectivity index (χ3v) is 6.50. The van der Waals surface area contributed by atoms with Crippen LogP contribution in [0.25, 0.3) is 0 Å². The highest BCUT2D eigenvalue weighted by atomic mass is 16.7. The van der Waals surface area contributed by atoms with E-state index in [0.717, 1.165) is 10.9 Å². The van der Waals surface area contributed by atoms with Gasteiger partial charge in [0.2, 0.25) is 0 Å². The van der Waals surface area contributed by atoms with E-state index in [9.17, 15) is 0 Å². The van der Waals surface area contributed by atoms with Crippen LogP contribution in [0.5, 0.6) is 0 Å². The zero-order valence-electron chi connectivity index (χ0n) is 19.9. The van der Waals surface area contributed by atoms with Gasteiger partial charge in [-0.05, 0) is 55.4 Å². The molecule has 2 fully saturated rings. The van der Waals surface area contributed by atoms with E-state index in [1.807, 2.05) is 81.9 Å². The van der Waals surface area contributed by atoms with Crippen LogP contribution in [-0.4, -0.2) is 56.2 Å². The van der Waals surface area contributed by atoms with Gasteiger partial charge in [0.1, 0.15) is 0 Å². The smallest absolute Gasteiger partial charge is 0.399 e. The van der Waals surface area contributed by atoms with Crippen molar-refractivity contribution in [1.29, 1.82) is 0 Å². The number of hydrogen-bond acceptors (Lipinski definition) is 6. The summed E-state index contributed by atoms with van der Waals surface area (Å²) in [5, 5.41) is 8.23. The van der Waals surface area contributed by atoms with E-state index in [0.29, 0.717) is 0 Å². The van der Waals surface area contributed by atoms with Gasteiger partial charge < -0.3 is 18.6 Å². The molecule has 30 heavy (non-hydrogen) atoms. The highest BCUT2D eigenvalue weighted by molar-refractivity contribution is 6.62. The molecule has 8 nitrogen and oxygen atoms in total. The maximum atomic E-state index is 5.89. The molecule has 0 aromatic carbocycles. The molecule has 2 aromatic heterocycles. The Morgan fingerprint density at radius 1 is 0.600 bits per heavy atom. The van der Waals surface area contributed by atoms with Crippen LogP contribution in [0.2, 0.25) is 0 Å². The molecule has 0 radical (unpaired) electrons. The summed E-state index contributed by atoms with van der Waals surface area (Å²) in [5.41, 5.74) is 0.800. The van der Waals surface area contributed by atoms with Crippen molar-refractivity contribution in [2.75, 3.05) is 0 Å². The Labute approximate surface area is 180 Å². The summed E-state index contributed by atoms with van der Waals surface area (Å²) in [7, 11) is 3.16. The summed E-state index contributed by atoms with van der Waals surface area (Å²) in [5.74, 6) is 0. The average molecular weight is 416 g/mol. The van der Waals surface area contributed by atoms with Crippen LogP contribution in [0.3, 0.4) is 0 Å². The monoisotopic (exact) mass is 416 g/mol. The minimum Gasteiger partial charge on any atom is -0.399 e. The molecule has 0 saturated carbocycles. The molecule has 2 saturated heterocycles. The van der Waals surface area contributed by atoms with Gasteiger partial charge >= 0.3 is 14.2 Å². The van der Waals surface area contributed by atoms with Crippen molar-refractivity contribution in [1.82, 2.24) is 19.6 Å². The van der Waals surface area contributed by atoms with E-state index >= 15 is 0 Å². The van der Waals surface area contributed by atoms with E-state index in [1.165, 1.54) is 0 Å². The molecular weight excluding hydrogens is 382 g/mol. The molecule has 0 atom stereocenters. The fraction of sp³-hybridized carbons (Fsp3) is 0.700. The van der Waals surface area contributed by atoms with Crippen molar-refractivity contribution in [3.63, 3.8) is 0 Å². The number of nitrogens with zero attached hydrogens (tertiary/aromatic N) is 4. The number of aryl methyl sites for hydroxylation is 2. The molecule has 0 bridgehead atoms. The first-order chi connectivity index (χ1) is 13.6. The SMILES string of the molecule is Cn1cc(B2OC(C)(C)C(C)(C)O2)cn1.Cn1cc(B2OC(C)(C)C(C)(C)O2)cn1. The van der Waals surface area contributed by atoms with Crippen molar-refractivity contribution in [3.8, 4) is 0 Å². The summed E-state index contributed by atoms with van der Waals surface area (Å²) < 4.78 is 27.1. The first kappa shape index (κ1) is 23.1. The van der Waals surface area contributed by atoms with Gasteiger partial charge in [0.15, 0.2) is 0 Å². The topological polar surface area (TPSA) is 72.6 Å². The zero-order chi connectivity index (χ0) is 22.5. The second-order valence-corrected chi connectivity index (χ2v) is 10.1. The van der Waals surface area contributed by atoms with Crippen molar-refractivity contribution in [2.45, 2.75) is 77.8 Å². The summed E-state index contributed by atoms with van der Waals surface area (Å²) >= 11 is 0. The van der Waals surface area contributed by atoms with Gasteiger partial charge in [0.25, 0.3) is 0 Å². The largest absolute Gasteiger partial charge is 0.498 e. The van der Waals surface area contributed by atoms with Crippen LogP contribution in [0.15, 0.2) is 24.8 Å². The standard InChI is InChI=1S/2C10H17BN2O2/c2*1-9(2)10(3,4)15-11(14-9)8-6-12-13(5)7-8/h2*6-7H,1-5H3. The van der Waals surface area contributed by atoms with Gasteiger partial charge in [-0.25, -0.2) is 0 Å². The number of hydrogen-bond donors (Lipinski definition) is 0. The van der Waals surface area contributed by atoms with Crippen LogP contribution in [-0.2, 0) is 32.7 Å². The molecule has 10 heteroatoms. The molecule has 2 aromatic rings. The Kier molecular flexibility index (Phi) is 5.77. The summed E-state index contributed by atoms with van der Waals surface area (Å²) in [6.45, 7) is 16.4. The van der Waals surface area contributed by atoms with Gasteiger partial charge in [0, 0.05) is 49.8 Å². The Bertz CT molecular complexity index is 787. The van der Waals surface area contributed by atoms with E-state index in [-0.39, 0.29) is 36.6 Å². The quantitative estimate of drug-likeness (QED) is 0.691. The van der Waals surface area contributed by atoms with Crippen LogP contribution >= 0.6 is 0 Å².